The number of imidazole rings is 1. The zero-order valence-electron chi connectivity index (χ0n) is 12.5. The van der Waals surface area contributed by atoms with Gasteiger partial charge in [-0.25, -0.2) is 4.98 Å². The molecule has 0 fully saturated rings. The van der Waals surface area contributed by atoms with Gasteiger partial charge in [-0.05, 0) is 25.0 Å². The summed E-state index contributed by atoms with van der Waals surface area (Å²) in [6.07, 6.45) is 4.26. The molecule has 1 aromatic heterocycles. The third kappa shape index (κ3) is 2.93. The van der Waals surface area contributed by atoms with E-state index in [1.54, 1.807) is 7.11 Å². The van der Waals surface area contributed by atoms with E-state index in [1.807, 2.05) is 12.1 Å². The number of ether oxygens (including phenoxy) is 1. The van der Waals surface area contributed by atoms with Crippen LogP contribution in [0.3, 0.4) is 0 Å². The van der Waals surface area contributed by atoms with Gasteiger partial charge in [0, 0.05) is 24.4 Å². The molecule has 0 N–H and O–H groups in total. The minimum atomic E-state index is 0.497. The Hall–Kier alpha value is -1.22. The number of aromatic nitrogens is 2. The Morgan fingerprint density at radius 2 is 2.15 bits per heavy atom. The Morgan fingerprint density at radius 3 is 2.75 bits per heavy atom. The van der Waals surface area contributed by atoms with Crippen molar-refractivity contribution in [1.29, 1.82) is 0 Å². The number of methoxy groups -OCH3 is 1. The summed E-state index contributed by atoms with van der Waals surface area (Å²) in [4.78, 5) is 4.76. The summed E-state index contributed by atoms with van der Waals surface area (Å²) < 4.78 is 7.67. The highest BCUT2D eigenvalue weighted by molar-refractivity contribution is 6.17. The van der Waals surface area contributed by atoms with Crippen molar-refractivity contribution < 1.29 is 4.74 Å². The Bertz CT molecular complexity index is 565. The molecule has 2 rings (SSSR count). The van der Waals surface area contributed by atoms with Crippen LogP contribution in [0.1, 0.15) is 45.0 Å². The first kappa shape index (κ1) is 15.2. The van der Waals surface area contributed by atoms with Gasteiger partial charge in [0.15, 0.2) is 0 Å². The van der Waals surface area contributed by atoms with Gasteiger partial charge in [0.1, 0.15) is 11.6 Å². The first-order valence-electron chi connectivity index (χ1n) is 7.35. The SMILES string of the molecule is CCCC(CC)n1c(CCCl)nc2cc(OC)ccc21. The number of hydrogen-bond donors (Lipinski definition) is 0. The molecule has 1 unspecified atom stereocenters. The molecule has 4 heteroatoms. The molecule has 0 saturated heterocycles. The topological polar surface area (TPSA) is 27.1 Å². The third-order valence-electron chi connectivity index (χ3n) is 3.75. The summed E-state index contributed by atoms with van der Waals surface area (Å²) in [7, 11) is 1.68. The second-order valence-electron chi connectivity index (χ2n) is 5.04. The van der Waals surface area contributed by atoms with Crippen LogP contribution in [0.25, 0.3) is 11.0 Å². The predicted molar refractivity (Wildman–Crippen MR) is 84.9 cm³/mol. The molecule has 3 nitrogen and oxygen atoms in total. The predicted octanol–water partition coefficient (Wildman–Crippen LogP) is 4.58. The van der Waals surface area contributed by atoms with Crippen molar-refractivity contribution in [1.82, 2.24) is 9.55 Å². The molecule has 0 spiro atoms. The molecule has 110 valence electrons. The van der Waals surface area contributed by atoms with Crippen molar-refractivity contribution in [3.63, 3.8) is 0 Å². The van der Waals surface area contributed by atoms with E-state index in [0.717, 1.165) is 29.9 Å². The molecule has 0 bridgehead atoms. The molecule has 1 atom stereocenters. The van der Waals surface area contributed by atoms with Crippen LogP contribution >= 0.6 is 11.6 Å². The van der Waals surface area contributed by atoms with E-state index in [0.29, 0.717) is 11.9 Å². The lowest BCUT2D eigenvalue weighted by Crippen LogP contribution is -2.12. The molecular formula is C16H23ClN2O. The average molecular weight is 295 g/mol. The fraction of sp³-hybridized carbons (Fsp3) is 0.562. The number of rotatable bonds is 7. The second kappa shape index (κ2) is 6.98. The average Bonchev–Trinajstić information content (AvgIpc) is 2.82. The highest BCUT2D eigenvalue weighted by atomic mass is 35.5. The standard InChI is InChI=1S/C16H23ClN2O/c1-4-6-12(5-2)19-15-8-7-13(20-3)11-14(15)18-16(19)9-10-17/h7-8,11-12H,4-6,9-10H2,1-3H3. The lowest BCUT2D eigenvalue weighted by atomic mass is 10.1. The van der Waals surface area contributed by atoms with Gasteiger partial charge in [-0.2, -0.15) is 0 Å². The van der Waals surface area contributed by atoms with Gasteiger partial charge in [0.2, 0.25) is 0 Å². The molecule has 1 aromatic carbocycles. The van der Waals surface area contributed by atoms with Gasteiger partial charge >= 0.3 is 0 Å². The van der Waals surface area contributed by atoms with Crippen molar-refractivity contribution in [3.05, 3.63) is 24.0 Å². The number of halogens is 1. The van der Waals surface area contributed by atoms with Crippen molar-refractivity contribution in [2.45, 2.75) is 45.6 Å². The second-order valence-corrected chi connectivity index (χ2v) is 5.42. The van der Waals surface area contributed by atoms with E-state index in [2.05, 4.69) is 24.5 Å². The van der Waals surface area contributed by atoms with E-state index in [4.69, 9.17) is 21.3 Å². The monoisotopic (exact) mass is 294 g/mol. The Morgan fingerprint density at radius 1 is 1.35 bits per heavy atom. The summed E-state index contributed by atoms with van der Waals surface area (Å²) in [5.74, 6) is 2.54. The van der Waals surface area contributed by atoms with Crippen molar-refractivity contribution in [2.24, 2.45) is 0 Å². The Labute approximate surface area is 125 Å². The first-order chi connectivity index (χ1) is 9.74. The van der Waals surface area contributed by atoms with Gasteiger partial charge in [-0.1, -0.05) is 20.3 Å². The zero-order valence-corrected chi connectivity index (χ0v) is 13.3. The van der Waals surface area contributed by atoms with Crippen LogP contribution in [-0.2, 0) is 6.42 Å². The van der Waals surface area contributed by atoms with E-state index < -0.39 is 0 Å². The molecule has 2 aromatic rings. The summed E-state index contributed by atoms with van der Waals surface area (Å²) in [6.45, 7) is 4.46. The minimum Gasteiger partial charge on any atom is -0.497 e. The van der Waals surface area contributed by atoms with Crippen LogP contribution < -0.4 is 4.74 Å². The first-order valence-corrected chi connectivity index (χ1v) is 7.89. The number of aryl methyl sites for hydroxylation is 1. The number of benzene rings is 1. The number of nitrogens with zero attached hydrogens (tertiary/aromatic N) is 2. The van der Waals surface area contributed by atoms with Gasteiger partial charge in [0.05, 0.1) is 18.1 Å². The maximum Gasteiger partial charge on any atom is 0.121 e. The molecule has 0 radical (unpaired) electrons. The van der Waals surface area contributed by atoms with E-state index >= 15 is 0 Å². The lowest BCUT2D eigenvalue weighted by molar-refractivity contribution is 0.415. The molecule has 0 saturated carbocycles. The zero-order chi connectivity index (χ0) is 14.5. The number of alkyl halides is 1. The van der Waals surface area contributed by atoms with Crippen molar-refractivity contribution in [3.8, 4) is 5.75 Å². The summed E-state index contributed by atoms with van der Waals surface area (Å²) in [5, 5.41) is 0. The molecular weight excluding hydrogens is 272 g/mol. The van der Waals surface area contributed by atoms with Crippen molar-refractivity contribution in [2.75, 3.05) is 13.0 Å². The quantitative estimate of drug-likeness (QED) is 0.699. The van der Waals surface area contributed by atoms with Gasteiger partial charge < -0.3 is 9.30 Å². The molecule has 0 aliphatic heterocycles. The Kier molecular flexibility index (Phi) is 5.30. The molecule has 0 amide bonds. The maximum absolute atomic E-state index is 5.94. The van der Waals surface area contributed by atoms with E-state index in [-0.39, 0.29) is 0 Å². The van der Waals surface area contributed by atoms with Crippen LogP contribution in [-0.4, -0.2) is 22.5 Å². The van der Waals surface area contributed by atoms with Crippen LogP contribution in [0.4, 0.5) is 0 Å². The fourth-order valence-electron chi connectivity index (χ4n) is 2.77. The van der Waals surface area contributed by atoms with E-state index in [1.165, 1.54) is 18.4 Å². The molecule has 1 heterocycles. The van der Waals surface area contributed by atoms with Gasteiger partial charge in [0.25, 0.3) is 0 Å². The normalized spacial score (nSPS) is 12.8. The molecule has 0 aliphatic rings. The summed E-state index contributed by atoms with van der Waals surface area (Å²) in [6, 6.07) is 6.61. The van der Waals surface area contributed by atoms with E-state index in [9.17, 15) is 0 Å². The highest BCUT2D eigenvalue weighted by Crippen LogP contribution is 2.29. The largest absolute Gasteiger partial charge is 0.497 e. The van der Waals surface area contributed by atoms with Gasteiger partial charge in [-0.15, -0.1) is 11.6 Å². The smallest absolute Gasteiger partial charge is 0.121 e. The molecule has 20 heavy (non-hydrogen) atoms. The third-order valence-corrected chi connectivity index (χ3v) is 3.94. The van der Waals surface area contributed by atoms with Crippen LogP contribution in [0.5, 0.6) is 5.75 Å². The fourth-order valence-corrected chi connectivity index (χ4v) is 2.94. The maximum atomic E-state index is 5.94. The van der Waals surface area contributed by atoms with Crippen molar-refractivity contribution >= 4 is 22.6 Å². The molecule has 0 aliphatic carbocycles. The highest BCUT2D eigenvalue weighted by Gasteiger charge is 2.17. The van der Waals surface area contributed by atoms with Crippen LogP contribution in [0.2, 0.25) is 0 Å². The van der Waals surface area contributed by atoms with Crippen LogP contribution in [0, 0.1) is 0 Å². The van der Waals surface area contributed by atoms with Gasteiger partial charge in [-0.3, -0.25) is 0 Å². The number of fused-ring (bicyclic) bond motifs is 1. The summed E-state index contributed by atoms with van der Waals surface area (Å²) in [5.41, 5.74) is 2.19. The minimum absolute atomic E-state index is 0.497. The summed E-state index contributed by atoms with van der Waals surface area (Å²) >= 11 is 5.94. The Balaban J connectivity index is 2.55. The van der Waals surface area contributed by atoms with Crippen LogP contribution in [0.15, 0.2) is 18.2 Å². The number of hydrogen-bond acceptors (Lipinski definition) is 2. The lowest BCUT2D eigenvalue weighted by Gasteiger charge is -2.19.